The monoisotopic (exact) mass is 478 g/mol. The number of hydrogen-bond donors (Lipinski definition) is 0. The minimum Gasteiger partial charge on any atom is -0.299 e. The summed E-state index contributed by atoms with van der Waals surface area (Å²) in [4.78, 5) is 12.8. The Bertz CT molecular complexity index is 749. The predicted octanol–water partition coefficient (Wildman–Crippen LogP) is 9.86. The van der Waals surface area contributed by atoms with Crippen molar-refractivity contribution in [1.29, 1.82) is 0 Å². The first kappa shape index (κ1) is 25.8. The van der Waals surface area contributed by atoms with E-state index in [9.17, 15) is 4.79 Å². The molecule has 0 aromatic rings. The Morgan fingerprint density at radius 3 is 1.89 bits per heavy atom. The van der Waals surface area contributed by atoms with Crippen molar-refractivity contribution < 1.29 is 4.79 Å². The van der Waals surface area contributed by atoms with Crippen molar-refractivity contribution in [3.63, 3.8) is 0 Å². The van der Waals surface area contributed by atoms with Gasteiger partial charge in [-0.05, 0) is 125 Å². The van der Waals surface area contributed by atoms with Crippen LogP contribution in [0.15, 0.2) is 24.3 Å². The third-order valence-electron chi connectivity index (χ3n) is 11.7. The fourth-order valence-corrected chi connectivity index (χ4v) is 8.94. The molecule has 0 saturated heterocycles. The molecule has 5 aliphatic rings. The van der Waals surface area contributed by atoms with E-state index in [-0.39, 0.29) is 5.41 Å². The molecule has 0 aliphatic heterocycles. The molecule has 35 heavy (non-hydrogen) atoms. The van der Waals surface area contributed by atoms with Crippen LogP contribution < -0.4 is 0 Å². The van der Waals surface area contributed by atoms with Gasteiger partial charge in [-0.1, -0.05) is 69.8 Å². The number of ketones is 1. The molecule has 0 spiro atoms. The molecule has 2 unspecified atom stereocenters. The van der Waals surface area contributed by atoms with Gasteiger partial charge in [-0.15, -0.1) is 0 Å². The molecule has 1 nitrogen and oxygen atoms in total. The first-order valence-electron chi connectivity index (χ1n) is 15.8. The van der Waals surface area contributed by atoms with Crippen LogP contribution in [0.3, 0.4) is 0 Å². The van der Waals surface area contributed by atoms with Crippen LogP contribution in [0.25, 0.3) is 0 Å². The summed E-state index contributed by atoms with van der Waals surface area (Å²) in [6.45, 7) is 11.4. The summed E-state index contributed by atoms with van der Waals surface area (Å²) in [6.07, 6.45) is 27.0. The number of hydrogen-bond acceptors (Lipinski definition) is 1. The van der Waals surface area contributed by atoms with E-state index in [4.69, 9.17) is 0 Å². The predicted molar refractivity (Wildman–Crippen MR) is 148 cm³/mol. The molecule has 2 atom stereocenters. The third kappa shape index (κ3) is 6.18. The van der Waals surface area contributed by atoms with Gasteiger partial charge in [0.2, 0.25) is 0 Å². The molecule has 0 aromatic carbocycles. The maximum Gasteiger partial charge on any atom is 0.141 e. The molecule has 5 aliphatic carbocycles. The summed E-state index contributed by atoms with van der Waals surface area (Å²) < 4.78 is 0. The van der Waals surface area contributed by atoms with Gasteiger partial charge >= 0.3 is 0 Å². The Morgan fingerprint density at radius 2 is 1.26 bits per heavy atom. The summed E-state index contributed by atoms with van der Waals surface area (Å²) in [6, 6.07) is 0. The van der Waals surface area contributed by atoms with E-state index in [0.29, 0.717) is 17.6 Å². The van der Waals surface area contributed by atoms with Crippen LogP contribution in [0, 0.1) is 46.8 Å². The van der Waals surface area contributed by atoms with Gasteiger partial charge in [0.05, 0.1) is 0 Å². The molecule has 5 fully saturated rings. The van der Waals surface area contributed by atoms with Crippen molar-refractivity contribution >= 4 is 5.78 Å². The highest BCUT2D eigenvalue weighted by atomic mass is 16.1. The largest absolute Gasteiger partial charge is 0.299 e. The molecular formula is C34H54O. The minimum absolute atomic E-state index is 0.0636. The maximum absolute atomic E-state index is 12.8. The number of allylic oxidation sites excluding steroid dienone is 2. The van der Waals surface area contributed by atoms with Crippen LogP contribution in [0.2, 0.25) is 0 Å². The molecule has 5 rings (SSSR count). The van der Waals surface area contributed by atoms with Crippen LogP contribution in [0.1, 0.15) is 135 Å². The van der Waals surface area contributed by atoms with E-state index in [1.165, 1.54) is 103 Å². The lowest BCUT2D eigenvalue weighted by Crippen LogP contribution is -2.30. The molecule has 0 bridgehead atoms. The molecule has 0 heterocycles. The average Bonchev–Trinajstić information content (AvgIpc) is 3.67. The van der Waals surface area contributed by atoms with Crippen LogP contribution in [0.5, 0.6) is 0 Å². The normalized spacial score (nSPS) is 38.0. The minimum atomic E-state index is 0.0636. The Morgan fingerprint density at radius 1 is 0.657 bits per heavy atom. The van der Waals surface area contributed by atoms with Gasteiger partial charge in [-0.2, -0.15) is 0 Å². The Hall–Kier alpha value is -0.850. The fourth-order valence-electron chi connectivity index (χ4n) is 8.94. The van der Waals surface area contributed by atoms with Gasteiger partial charge in [0, 0.05) is 11.3 Å². The van der Waals surface area contributed by atoms with Gasteiger partial charge < -0.3 is 0 Å². The van der Waals surface area contributed by atoms with Crippen molar-refractivity contribution in [3.8, 4) is 0 Å². The first-order chi connectivity index (χ1) is 16.9. The second-order valence-electron chi connectivity index (χ2n) is 14.2. The van der Waals surface area contributed by atoms with E-state index in [1.807, 2.05) is 0 Å². The summed E-state index contributed by atoms with van der Waals surface area (Å²) in [5.74, 6) is 6.12. The molecule has 5 saturated carbocycles. The van der Waals surface area contributed by atoms with Crippen LogP contribution in [-0.4, -0.2) is 5.78 Å². The molecular weight excluding hydrogens is 424 g/mol. The van der Waals surface area contributed by atoms with E-state index in [0.717, 1.165) is 55.3 Å². The number of carbonyl (C=O) groups excluding carboxylic acids is 1. The maximum atomic E-state index is 12.8. The summed E-state index contributed by atoms with van der Waals surface area (Å²) in [5.41, 5.74) is 3.24. The standard InChI is InChI=1S/C34H54O/c1-24(27-9-5-4-6-10-27)22-26-8-7-11-32(23-26)30-16-12-28(13-17-30)25(2)29-14-18-31(19-15-29)33(35)34(3)20-21-34/h26-32H,1-2,4-23H2,3H3. The van der Waals surface area contributed by atoms with E-state index < -0.39 is 0 Å². The summed E-state index contributed by atoms with van der Waals surface area (Å²) >= 11 is 0. The SMILES string of the molecule is C=C(CC1CCCC(C2CCC(C(=C)C3CCC(C(=O)C4(C)CC4)CC3)CC2)C1)C1CCCCC1. The lowest BCUT2D eigenvalue weighted by molar-refractivity contribution is -0.128. The second-order valence-corrected chi connectivity index (χ2v) is 14.2. The number of rotatable bonds is 8. The summed E-state index contributed by atoms with van der Waals surface area (Å²) in [5, 5.41) is 0. The van der Waals surface area contributed by atoms with Gasteiger partial charge in [0.15, 0.2) is 0 Å². The first-order valence-corrected chi connectivity index (χ1v) is 15.8. The third-order valence-corrected chi connectivity index (χ3v) is 11.7. The smallest absolute Gasteiger partial charge is 0.141 e. The Labute approximate surface area is 217 Å². The highest BCUT2D eigenvalue weighted by Crippen LogP contribution is 2.51. The van der Waals surface area contributed by atoms with Crippen molar-refractivity contribution in [1.82, 2.24) is 0 Å². The highest BCUT2D eigenvalue weighted by Gasteiger charge is 2.48. The van der Waals surface area contributed by atoms with E-state index in [1.54, 1.807) is 11.1 Å². The molecule has 1 heteroatoms. The zero-order chi connectivity index (χ0) is 24.4. The van der Waals surface area contributed by atoms with Gasteiger partial charge in [0.1, 0.15) is 5.78 Å². The van der Waals surface area contributed by atoms with E-state index in [2.05, 4.69) is 20.1 Å². The van der Waals surface area contributed by atoms with Gasteiger partial charge in [-0.3, -0.25) is 4.79 Å². The van der Waals surface area contributed by atoms with Crippen LogP contribution >= 0.6 is 0 Å². The molecule has 196 valence electrons. The van der Waals surface area contributed by atoms with Crippen molar-refractivity contribution in [2.24, 2.45) is 46.8 Å². The molecule has 0 amide bonds. The fraction of sp³-hybridized carbons (Fsp3) is 0.853. The van der Waals surface area contributed by atoms with E-state index >= 15 is 0 Å². The molecule has 0 radical (unpaired) electrons. The lowest BCUT2D eigenvalue weighted by Gasteiger charge is -2.41. The zero-order valence-electron chi connectivity index (χ0n) is 23.0. The Balaban J connectivity index is 1.04. The number of Topliss-reactive ketones (excluding diaryl/α,β-unsaturated/α-hetero) is 1. The van der Waals surface area contributed by atoms with Crippen molar-refractivity contribution in [3.05, 3.63) is 24.3 Å². The highest BCUT2D eigenvalue weighted by molar-refractivity contribution is 5.89. The van der Waals surface area contributed by atoms with Crippen LogP contribution in [0.4, 0.5) is 0 Å². The lowest BCUT2D eigenvalue weighted by atomic mass is 9.65. The van der Waals surface area contributed by atoms with Gasteiger partial charge in [0.25, 0.3) is 0 Å². The average molecular weight is 479 g/mol. The zero-order valence-corrected chi connectivity index (χ0v) is 23.0. The molecule has 0 aromatic heterocycles. The quantitative estimate of drug-likeness (QED) is 0.317. The summed E-state index contributed by atoms with van der Waals surface area (Å²) in [7, 11) is 0. The molecule has 0 N–H and O–H groups in total. The Kier molecular flexibility index (Phi) is 8.30. The van der Waals surface area contributed by atoms with Crippen LogP contribution in [-0.2, 0) is 4.79 Å². The van der Waals surface area contributed by atoms with Crippen molar-refractivity contribution in [2.45, 2.75) is 135 Å². The number of carbonyl (C=O) groups is 1. The second kappa shape index (κ2) is 11.3. The topological polar surface area (TPSA) is 17.1 Å². The van der Waals surface area contributed by atoms with Crippen molar-refractivity contribution in [2.75, 3.05) is 0 Å². The van der Waals surface area contributed by atoms with Gasteiger partial charge in [-0.25, -0.2) is 0 Å².